The molecule has 0 unspecified atom stereocenters. The van der Waals surface area contributed by atoms with E-state index in [1.54, 1.807) is 0 Å². The average molecular weight is 790 g/mol. The molecule has 0 spiro atoms. The summed E-state index contributed by atoms with van der Waals surface area (Å²) in [6, 6.07) is 85.6. The molecule has 62 heavy (non-hydrogen) atoms. The summed E-state index contributed by atoms with van der Waals surface area (Å²) in [5.41, 5.74) is 14.5. The molecule has 0 aliphatic heterocycles. The number of hydrogen-bond acceptors (Lipinski definition) is 2. The van der Waals surface area contributed by atoms with Crippen LogP contribution < -0.4 is 4.90 Å². The molecular formula is C60H39NO. The van der Waals surface area contributed by atoms with Crippen LogP contribution in [0.1, 0.15) is 0 Å². The Morgan fingerprint density at radius 2 is 0.790 bits per heavy atom. The highest BCUT2D eigenvalue weighted by molar-refractivity contribution is 6.14. The molecule has 0 atom stereocenters. The van der Waals surface area contributed by atoms with Crippen molar-refractivity contribution in [3.63, 3.8) is 0 Å². The van der Waals surface area contributed by atoms with Crippen LogP contribution >= 0.6 is 0 Å². The molecule has 0 N–H and O–H groups in total. The summed E-state index contributed by atoms with van der Waals surface area (Å²) >= 11 is 0. The quantitative estimate of drug-likeness (QED) is 0.150. The third-order valence-electron chi connectivity index (χ3n) is 12.4. The van der Waals surface area contributed by atoms with E-state index < -0.39 is 0 Å². The maximum atomic E-state index is 6.33. The third-order valence-corrected chi connectivity index (χ3v) is 12.4. The summed E-state index contributed by atoms with van der Waals surface area (Å²) in [7, 11) is 0. The Bertz CT molecular complexity index is 3630. The van der Waals surface area contributed by atoms with Gasteiger partial charge in [-0.2, -0.15) is 0 Å². The number of benzene rings is 11. The molecule has 290 valence electrons. The molecule has 0 saturated heterocycles. The molecule has 12 rings (SSSR count). The standard InChI is InChI=1S/C60H39NO/c1-2-13-44-36-45(31-30-40(44)12-1)43-28-26-41(27-29-43)42-32-34-49(35-33-42)61(50-17-9-15-46(37-50)53-23-11-25-59-60(53)56-22-7-8-24-58(56)62-59)51-18-10-16-47(38-51)57-39-48-14-3-4-19-52(48)54-20-5-6-21-55(54)57/h1-39H. The summed E-state index contributed by atoms with van der Waals surface area (Å²) in [5, 5.41) is 9.77. The van der Waals surface area contributed by atoms with E-state index in [-0.39, 0.29) is 0 Å². The largest absolute Gasteiger partial charge is 0.456 e. The van der Waals surface area contributed by atoms with Gasteiger partial charge in [-0.1, -0.05) is 176 Å². The number of hydrogen-bond donors (Lipinski definition) is 0. The lowest BCUT2D eigenvalue weighted by Crippen LogP contribution is -2.10. The van der Waals surface area contributed by atoms with Gasteiger partial charge < -0.3 is 9.32 Å². The fraction of sp³-hybridized carbons (Fsp3) is 0. The summed E-state index contributed by atoms with van der Waals surface area (Å²) in [5.74, 6) is 0. The molecule has 0 amide bonds. The molecule has 0 fully saturated rings. The summed E-state index contributed by atoms with van der Waals surface area (Å²) in [6.45, 7) is 0. The van der Waals surface area contributed by atoms with Crippen molar-refractivity contribution in [3.05, 3.63) is 237 Å². The number of rotatable bonds is 7. The Morgan fingerprint density at radius 1 is 0.258 bits per heavy atom. The highest BCUT2D eigenvalue weighted by Crippen LogP contribution is 2.43. The zero-order valence-electron chi connectivity index (χ0n) is 33.9. The normalized spacial score (nSPS) is 11.5. The smallest absolute Gasteiger partial charge is 0.136 e. The van der Waals surface area contributed by atoms with Gasteiger partial charge in [-0.15, -0.1) is 0 Å². The van der Waals surface area contributed by atoms with E-state index in [0.29, 0.717) is 0 Å². The van der Waals surface area contributed by atoms with Gasteiger partial charge in [0, 0.05) is 27.8 Å². The van der Waals surface area contributed by atoms with Crippen molar-refractivity contribution in [1.29, 1.82) is 0 Å². The second kappa shape index (κ2) is 14.8. The van der Waals surface area contributed by atoms with Gasteiger partial charge >= 0.3 is 0 Å². The van der Waals surface area contributed by atoms with Crippen LogP contribution in [0.15, 0.2) is 241 Å². The molecule has 0 aliphatic rings. The highest BCUT2D eigenvalue weighted by atomic mass is 16.3. The lowest BCUT2D eigenvalue weighted by molar-refractivity contribution is 0.669. The van der Waals surface area contributed by atoms with E-state index in [4.69, 9.17) is 4.42 Å². The number of nitrogens with zero attached hydrogens (tertiary/aromatic N) is 1. The van der Waals surface area contributed by atoms with Crippen molar-refractivity contribution in [3.8, 4) is 44.5 Å². The summed E-state index contributed by atoms with van der Waals surface area (Å²) < 4.78 is 6.33. The van der Waals surface area contributed by atoms with E-state index >= 15 is 0 Å². The Balaban J connectivity index is 0.971. The second-order valence-electron chi connectivity index (χ2n) is 16.1. The van der Waals surface area contributed by atoms with Crippen LogP contribution in [0.5, 0.6) is 0 Å². The van der Waals surface area contributed by atoms with E-state index in [0.717, 1.165) is 50.1 Å². The van der Waals surface area contributed by atoms with Crippen molar-refractivity contribution in [2.24, 2.45) is 0 Å². The highest BCUT2D eigenvalue weighted by Gasteiger charge is 2.18. The molecule has 1 heterocycles. The van der Waals surface area contributed by atoms with Gasteiger partial charge in [0.15, 0.2) is 0 Å². The maximum Gasteiger partial charge on any atom is 0.136 e. The van der Waals surface area contributed by atoms with Crippen LogP contribution in [0.4, 0.5) is 17.1 Å². The topological polar surface area (TPSA) is 16.4 Å². The van der Waals surface area contributed by atoms with Gasteiger partial charge in [0.05, 0.1) is 0 Å². The molecule has 0 bridgehead atoms. The lowest BCUT2D eigenvalue weighted by Gasteiger charge is -2.27. The Kier molecular flexibility index (Phi) is 8.53. The van der Waals surface area contributed by atoms with Crippen LogP contribution in [-0.4, -0.2) is 0 Å². The first-order chi connectivity index (χ1) is 30.7. The monoisotopic (exact) mass is 789 g/mol. The predicted molar refractivity (Wildman–Crippen MR) is 263 cm³/mol. The van der Waals surface area contributed by atoms with Crippen LogP contribution in [0, 0.1) is 0 Å². The number of fused-ring (bicyclic) bond motifs is 7. The zero-order chi connectivity index (χ0) is 41.0. The second-order valence-corrected chi connectivity index (χ2v) is 16.1. The molecule has 1 aromatic heterocycles. The number of para-hydroxylation sites is 1. The van der Waals surface area contributed by atoms with E-state index in [2.05, 4.69) is 229 Å². The van der Waals surface area contributed by atoms with Gasteiger partial charge in [-0.05, 0) is 137 Å². The fourth-order valence-corrected chi connectivity index (χ4v) is 9.41. The van der Waals surface area contributed by atoms with Gasteiger partial charge in [-0.3, -0.25) is 0 Å². The first kappa shape index (κ1) is 35.7. The fourth-order valence-electron chi connectivity index (χ4n) is 9.41. The summed E-state index contributed by atoms with van der Waals surface area (Å²) in [4.78, 5) is 2.39. The van der Waals surface area contributed by atoms with Gasteiger partial charge in [0.25, 0.3) is 0 Å². The number of anilines is 3. The van der Waals surface area contributed by atoms with Gasteiger partial charge in [-0.25, -0.2) is 0 Å². The maximum absolute atomic E-state index is 6.33. The minimum Gasteiger partial charge on any atom is -0.456 e. The molecule has 0 radical (unpaired) electrons. The Labute approximate surface area is 360 Å². The SMILES string of the molecule is c1cc(-c2cc3ccccc3c3ccccc23)cc(N(c2ccc(-c3ccc(-c4ccc5ccccc5c4)cc3)cc2)c2cccc(-c3cccc4oc5ccccc5c34)c2)c1. The molecule has 12 aromatic rings. The lowest BCUT2D eigenvalue weighted by atomic mass is 9.93. The molecular weight excluding hydrogens is 751 g/mol. The van der Waals surface area contributed by atoms with Crippen molar-refractivity contribution in [1.82, 2.24) is 0 Å². The van der Waals surface area contributed by atoms with Gasteiger partial charge in [0.1, 0.15) is 11.2 Å². The molecule has 0 aliphatic carbocycles. The minimum absolute atomic E-state index is 0.891. The average Bonchev–Trinajstić information content (AvgIpc) is 3.73. The van der Waals surface area contributed by atoms with Crippen LogP contribution in [0.25, 0.3) is 98.8 Å². The first-order valence-corrected chi connectivity index (χ1v) is 21.2. The van der Waals surface area contributed by atoms with E-state index in [1.165, 1.54) is 65.7 Å². The summed E-state index contributed by atoms with van der Waals surface area (Å²) in [6.07, 6.45) is 0. The van der Waals surface area contributed by atoms with Crippen molar-refractivity contribution >= 4 is 71.3 Å². The minimum atomic E-state index is 0.891. The zero-order valence-corrected chi connectivity index (χ0v) is 33.9. The molecule has 0 saturated carbocycles. The predicted octanol–water partition coefficient (Wildman–Crippen LogP) is 17.2. The van der Waals surface area contributed by atoms with E-state index in [1.807, 2.05) is 12.1 Å². The van der Waals surface area contributed by atoms with Gasteiger partial charge in [0.2, 0.25) is 0 Å². The van der Waals surface area contributed by atoms with E-state index in [9.17, 15) is 0 Å². The molecule has 2 nitrogen and oxygen atoms in total. The molecule has 11 aromatic carbocycles. The van der Waals surface area contributed by atoms with Crippen molar-refractivity contribution in [2.75, 3.05) is 4.90 Å². The van der Waals surface area contributed by atoms with Crippen molar-refractivity contribution in [2.45, 2.75) is 0 Å². The third kappa shape index (κ3) is 6.20. The van der Waals surface area contributed by atoms with Crippen LogP contribution in [-0.2, 0) is 0 Å². The molecule has 2 heteroatoms. The Morgan fingerprint density at radius 3 is 1.53 bits per heavy atom. The van der Waals surface area contributed by atoms with Crippen LogP contribution in [0.3, 0.4) is 0 Å². The van der Waals surface area contributed by atoms with Crippen LogP contribution in [0.2, 0.25) is 0 Å². The Hall–Kier alpha value is -8.20. The first-order valence-electron chi connectivity index (χ1n) is 21.2. The number of furan rings is 1. The van der Waals surface area contributed by atoms with Crippen molar-refractivity contribution < 1.29 is 4.42 Å².